The van der Waals surface area contributed by atoms with E-state index in [4.69, 9.17) is 14.2 Å². The van der Waals surface area contributed by atoms with Gasteiger partial charge >= 0.3 is 5.97 Å². The molecular weight excluding hydrogens is 434 g/mol. The number of piperidine rings is 2. The normalized spacial score (nSPS) is 24.6. The molecule has 0 bridgehead atoms. The molecule has 34 heavy (non-hydrogen) atoms. The van der Waals surface area contributed by atoms with E-state index in [0.29, 0.717) is 32.3 Å². The van der Waals surface area contributed by atoms with Gasteiger partial charge in [-0.25, -0.2) is 0 Å². The Balaban J connectivity index is 1.28. The molecule has 2 saturated heterocycles. The van der Waals surface area contributed by atoms with Gasteiger partial charge in [-0.3, -0.25) is 19.4 Å². The molecule has 1 aromatic carbocycles. The first kappa shape index (κ1) is 24.8. The quantitative estimate of drug-likeness (QED) is 0.588. The van der Waals surface area contributed by atoms with Crippen molar-refractivity contribution in [3.63, 3.8) is 0 Å². The van der Waals surface area contributed by atoms with Crippen LogP contribution < -0.4 is 9.47 Å². The number of benzene rings is 1. The maximum absolute atomic E-state index is 13.1. The summed E-state index contributed by atoms with van der Waals surface area (Å²) >= 11 is 0. The smallest absolute Gasteiger partial charge is 0.310 e. The second kappa shape index (κ2) is 11.4. The number of fused-ring (bicyclic) bond motifs is 1. The number of hydrogen-bond acceptors (Lipinski definition) is 7. The first-order chi connectivity index (χ1) is 16.5. The van der Waals surface area contributed by atoms with Crippen LogP contribution in [0, 0.1) is 5.92 Å². The highest BCUT2D eigenvalue weighted by Gasteiger charge is 2.33. The summed E-state index contributed by atoms with van der Waals surface area (Å²) in [6.07, 6.45) is 3.87. The summed E-state index contributed by atoms with van der Waals surface area (Å²) in [5.41, 5.74) is 1.08. The molecule has 1 aromatic rings. The zero-order valence-electron chi connectivity index (χ0n) is 20.8. The Hall–Kier alpha value is -2.32. The van der Waals surface area contributed by atoms with Gasteiger partial charge < -0.3 is 19.1 Å². The summed E-state index contributed by atoms with van der Waals surface area (Å²) < 4.78 is 16.7. The van der Waals surface area contributed by atoms with Crippen molar-refractivity contribution in [2.75, 3.05) is 53.0 Å². The molecule has 4 rings (SSSR count). The maximum Gasteiger partial charge on any atom is 0.310 e. The van der Waals surface area contributed by atoms with Crippen molar-refractivity contribution in [3.05, 3.63) is 23.8 Å². The minimum absolute atomic E-state index is 0.00154. The average Bonchev–Trinajstić information content (AvgIpc) is 3.00. The van der Waals surface area contributed by atoms with Crippen LogP contribution in [0.4, 0.5) is 0 Å². The predicted molar refractivity (Wildman–Crippen MR) is 129 cm³/mol. The minimum Gasteiger partial charge on any atom is -0.497 e. The second-order valence-corrected chi connectivity index (χ2v) is 9.77. The van der Waals surface area contributed by atoms with Gasteiger partial charge in [-0.1, -0.05) is 6.07 Å². The Labute approximate surface area is 203 Å². The number of carbonyl (C=O) groups is 2. The minimum atomic E-state index is -0.0597. The number of ether oxygens (including phenoxy) is 3. The molecular formula is C26H39N3O5. The molecule has 0 aliphatic carbocycles. The van der Waals surface area contributed by atoms with Crippen LogP contribution in [0.1, 0.15) is 45.1 Å². The lowest BCUT2D eigenvalue weighted by molar-refractivity contribution is -0.150. The Morgan fingerprint density at radius 2 is 1.91 bits per heavy atom. The van der Waals surface area contributed by atoms with Gasteiger partial charge in [-0.2, -0.15) is 0 Å². The zero-order chi connectivity index (χ0) is 24.1. The topological polar surface area (TPSA) is 71.6 Å². The SMILES string of the molecule is CCOC(=O)[C@H]1CCCN(C2CCN(C(=O)CN3Cc4ccc(OC)cc4O[C@H](C)C3)CC2)C1. The molecule has 2 fully saturated rings. The van der Waals surface area contributed by atoms with Crippen molar-refractivity contribution in [1.82, 2.24) is 14.7 Å². The van der Waals surface area contributed by atoms with E-state index in [0.717, 1.165) is 68.9 Å². The Bertz CT molecular complexity index is 855. The maximum atomic E-state index is 13.1. The van der Waals surface area contributed by atoms with Gasteiger partial charge in [0, 0.05) is 50.4 Å². The summed E-state index contributed by atoms with van der Waals surface area (Å²) in [7, 11) is 1.65. The lowest BCUT2D eigenvalue weighted by Crippen LogP contribution is -2.52. The van der Waals surface area contributed by atoms with Crippen LogP contribution in [0.25, 0.3) is 0 Å². The van der Waals surface area contributed by atoms with Gasteiger partial charge in [0.1, 0.15) is 17.6 Å². The van der Waals surface area contributed by atoms with Crippen LogP contribution in [-0.4, -0.2) is 91.7 Å². The first-order valence-corrected chi connectivity index (χ1v) is 12.7. The highest BCUT2D eigenvalue weighted by molar-refractivity contribution is 5.78. The molecule has 1 amide bonds. The van der Waals surface area contributed by atoms with E-state index >= 15 is 0 Å². The number of methoxy groups -OCH3 is 1. The van der Waals surface area contributed by atoms with Crippen molar-refractivity contribution >= 4 is 11.9 Å². The molecule has 8 nitrogen and oxygen atoms in total. The largest absolute Gasteiger partial charge is 0.497 e. The molecule has 0 aromatic heterocycles. The number of carbonyl (C=O) groups excluding carboxylic acids is 2. The van der Waals surface area contributed by atoms with Gasteiger partial charge in [-0.05, 0) is 52.1 Å². The number of amides is 1. The Morgan fingerprint density at radius 3 is 2.65 bits per heavy atom. The summed E-state index contributed by atoms with van der Waals surface area (Å²) in [4.78, 5) is 32.0. The fourth-order valence-electron chi connectivity index (χ4n) is 5.51. The van der Waals surface area contributed by atoms with Crippen LogP contribution in [0.3, 0.4) is 0 Å². The van der Waals surface area contributed by atoms with E-state index in [1.165, 1.54) is 0 Å². The highest BCUT2D eigenvalue weighted by atomic mass is 16.5. The van der Waals surface area contributed by atoms with Gasteiger partial charge in [0.05, 0.1) is 26.2 Å². The van der Waals surface area contributed by atoms with Crippen LogP contribution in [0.15, 0.2) is 18.2 Å². The molecule has 0 saturated carbocycles. The monoisotopic (exact) mass is 473 g/mol. The molecule has 0 N–H and O–H groups in total. The average molecular weight is 474 g/mol. The van der Waals surface area contributed by atoms with Crippen LogP contribution in [-0.2, 0) is 20.9 Å². The van der Waals surface area contributed by atoms with Gasteiger partial charge in [0.15, 0.2) is 0 Å². The highest BCUT2D eigenvalue weighted by Crippen LogP contribution is 2.30. The Morgan fingerprint density at radius 1 is 1.12 bits per heavy atom. The van der Waals surface area contributed by atoms with E-state index in [2.05, 4.69) is 9.80 Å². The fourth-order valence-corrected chi connectivity index (χ4v) is 5.51. The van der Waals surface area contributed by atoms with Gasteiger partial charge in [-0.15, -0.1) is 0 Å². The number of likely N-dealkylation sites (tertiary alicyclic amines) is 2. The summed E-state index contributed by atoms with van der Waals surface area (Å²) in [6, 6.07) is 6.33. The van der Waals surface area contributed by atoms with Crippen molar-refractivity contribution in [2.45, 2.75) is 58.2 Å². The van der Waals surface area contributed by atoms with Crippen molar-refractivity contribution in [2.24, 2.45) is 5.92 Å². The van der Waals surface area contributed by atoms with Crippen molar-refractivity contribution < 1.29 is 23.8 Å². The van der Waals surface area contributed by atoms with E-state index in [9.17, 15) is 9.59 Å². The fraction of sp³-hybridized carbons (Fsp3) is 0.692. The summed E-state index contributed by atoms with van der Waals surface area (Å²) in [5.74, 6) is 1.73. The lowest BCUT2D eigenvalue weighted by Gasteiger charge is -2.42. The molecule has 8 heteroatoms. The van der Waals surface area contributed by atoms with Crippen LogP contribution in [0.2, 0.25) is 0 Å². The number of nitrogens with zero attached hydrogens (tertiary/aromatic N) is 3. The molecule has 2 atom stereocenters. The van der Waals surface area contributed by atoms with Crippen molar-refractivity contribution in [1.29, 1.82) is 0 Å². The third kappa shape index (κ3) is 6.02. The zero-order valence-corrected chi connectivity index (χ0v) is 20.8. The molecule has 0 spiro atoms. The molecule has 3 aliphatic rings. The number of esters is 1. The first-order valence-electron chi connectivity index (χ1n) is 12.7. The van der Waals surface area contributed by atoms with E-state index in [1.807, 2.05) is 36.9 Å². The van der Waals surface area contributed by atoms with Crippen molar-refractivity contribution in [3.8, 4) is 11.5 Å². The molecule has 0 radical (unpaired) electrons. The number of rotatable bonds is 6. The van der Waals surface area contributed by atoms with Crippen LogP contribution in [0.5, 0.6) is 11.5 Å². The molecule has 188 valence electrons. The second-order valence-electron chi connectivity index (χ2n) is 9.77. The summed E-state index contributed by atoms with van der Waals surface area (Å²) in [6.45, 7) is 9.51. The Kier molecular flexibility index (Phi) is 8.32. The number of hydrogen-bond donors (Lipinski definition) is 0. The predicted octanol–water partition coefficient (Wildman–Crippen LogP) is 2.54. The van der Waals surface area contributed by atoms with E-state index < -0.39 is 0 Å². The standard InChI is InChI=1S/C26H39N3O5/c1-4-33-26(31)21-6-5-11-29(17-21)22-9-12-28(13-10-22)25(30)18-27-15-19(2)34-24-14-23(32-3)8-7-20(24)16-27/h7-8,14,19,21-22H,4-6,9-13,15-18H2,1-3H3/t19-,21+/m1/s1. The van der Waals surface area contributed by atoms with Gasteiger partial charge in [0.25, 0.3) is 0 Å². The third-order valence-electron chi connectivity index (χ3n) is 7.28. The van der Waals surface area contributed by atoms with E-state index in [1.54, 1.807) is 7.11 Å². The third-order valence-corrected chi connectivity index (χ3v) is 7.28. The molecule has 3 aliphatic heterocycles. The molecule has 3 heterocycles. The van der Waals surface area contributed by atoms with Gasteiger partial charge in [0.2, 0.25) is 5.91 Å². The van der Waals surface area contributed by atoms with Crippen LogP contribution >= 0.6 is 0 Å². The molecule has 0 unspecified atom stereocenters. The van der Waals surface area contributed by atoms with E-state index in [-0.39, 0.29) is 23.9 Å². The lowest BCUT2D eigenvalue weighted by atomic mass is 9.94. The summed E-state index contributed by atoms with van der Waals surface area (Å²) in [5, 5.41) is 0.